The molecule has 2 saturated carbocycles. The normalized spacial score (nSPS) is 24.6. The Morgan fingerprint density at radius 1 is 1.10 bits per heavy atom. The van der Waals surface area contributed by atoms with Gasteiger partial charge >= 0.3 is 0 Å². The van der Waals surface area contributed by atoms with E-state index in [2.05, 4.69) is 41.4 Å². The first-order valence-corrected chi connectivity index (χ1v) is 11.2. The maximum absolute atomic E-state index is 12.9. The number of rotatable bonds is 8. The van der Waals surface area contributed by atoms with Crippen molar-refractivity contribution in [1.29, 1.82) is 0 Å². The molecular weight excluding hydrogens is 364 g/mol. The molecule has 6 nitrogen and oxygen atoms in total. The van der Waals surface area contributed by atoms with E-state index in [1.165, 1.54) is 24.0 Å². The molecule has 3 aliphatic rings. The second-order valence-corrected chi connectivity index (χ2v) is 8.97. The minimum Gasteiger partial charge on any atom is -0.353 e. The molecule has 1 aliphatic heterocycles. The predicted octanol–water partition coefficient (Wildman–Crippen LogP) is 1.80. The van der Waals surface area contributed by atoms with Crippen LogP contribution < -0.4 is 11.1 Å². The van der Waals surface area contributed by atoms with Gasteiger partial charge in [0.1, 0.15) is 6.04 Å². The molecule has 158 valence electrons. The number of hydrogen-bond acceptors (Lipinski definition) is 4. The van der Waals surface area contributed by atoms with E-state index in [0.29, 0.717) is 31.7 Å². The molecule has 1 aromatic rings. The predicted molar refractivity (Wildman–Crippen MR) is 113 cm³/mol. The summed E-state index contributed by atoms with van der Waals surface area (Å²) in [4.78, 5) is 30.1. The molecule has 0 radical (unpaired) electrons. The van der Waals surface area contributed by atoms with Gasteiger partial charge in [0.25, 0.3) is 0 Å². The highest BCUT2D eigenvalue weighted by molar-refractivity contribution is 5.89. The summed E-state index contributed by atoms with van der Waals surface area (Å²) < 4.78 is 0. The van der Waals surface area contributed by atoms with Crippen molar-refractivity contribution in [3.63, 3.8) is 0 Å². The van der Waals surface area contributed by atoms with E-state index in [-0.39, 0.29) is 23.8 Å². The van der Waals surface area contributed by atoms with E-state index in [4.69, 9.17) is 5.73 Å². The van der Waals surface area contributed by atoms with Crippen molar-refractivity contribution >= 4 is 11.8 Å². The first-order valence-electron chi connectivity index (χ1n) is 11.2. The number of carbonyl (C=O) groups excluding carboxylic acids is 2. The quantitative estimate of drug-likeness (QED) is 0.700. The van der Waals surface area contributed by atoms with Gasteiger partial charge in [0.2, 0.25) is 11.8 Å². The zero-order valence-electron chi connectivity index (χ0n) is 17.5. The molecule has 1 unspecified atom stereocenters. The van der Waals surface area contributed by atoms with Crippen molar-refractivity contribution in [2.24, 2.45) is 11.7 Å². The van der Waals surface area contributed by atoms with Crippen molar-refractivity contribution in [1.82, 2.24) is 15.1 Å². The van der Waals surface area contributed by atoms with Crippen LogP contribution in [0.5, 0.6) is 0 Å². The smallest absolute Gasteiger partial charge is 0.242 e. The van der Waals surface area contributed by atoms with Crippen molar-refractivity contribution in [2.45, 2.75) is 70.1 Å². The van der Waals surface area contributed by atoms with Crippen LogP contribution in [0.25, 0.3) is 0 Å². The highest BCUT2D eigenvalue weighted by atomic mass is 16.2. The van der Waals surface area contributed by atoms with Crippen LogP contribution in [0.15, 0.2) is 24.3 Å². The van der Waals surface area contributed by atoms with Gasteiger partial charge in [-0.1, -0.05) is 29.8 Å². The number of likely N-dealkylation sites (tertiary alicyclic amines) is 1. The van der Waals surface area contributed by atoms with Crippen molar-refractivity contribution < 1.29 is 9.59 Å². The molecular formula is C23H34N4O2. The Bertz CT molecular complexity index is 727. The summed E-state index contributed by atoms with van der Waals surface area (Å²) in [5.41, 5.74) is 8.17. The zero-order valence-corrected chi connectivity index (χ0v) is 17.5. The Morgan fingerprint density at radius 2 is 1.83 bits per heavy atom. The first kappa shape index (κ1) is 20.4. The lowest BCUT2D eigenvalue weighted by molar-refractivity contribution is -0.144. The maximum Gasteiger partial charge on any atom is 0.242 e. The minimum atomic E-state index is -0.368. The zero-order chi connectivity index (χ0) is 20.4. The number of aryl methyl sites for hydroxylation is 1. The molecule has 2 amide bonds. The van der Waals surface area contributed by atoms with E-state index in [9.17, 15) is 9.59 Å². The Kier molecular flexibility index (Phi) is 6.20. The highest BCUT2D eigenvalue weighted by Crippen LogP contribution is 2.37. The van der Waals surface area contributed by atoms with Gasteiger partial charge in [-0.25, -0.2) is 0 Å². The molecule has 6 heteroatoms. The van der Waals surface area contributed by atoms with E-state index >= 15 is 0 Å². The third-order valence-electron chi connectivity index (χ3n) is 6.50. The van der Waals surface area contributed by atoms with Gasteiger partial charge in [-0.2, -0.15) is 0 Å². The number of carbonyl (C=O) groups is 2. The number of nitrogens with one attached hydrogen (secondary N) is 1. The largest absolute Gasteiger partial charge is 0.353 e. The standard InChI is InChI=1S/C23H34N4O2/c1-16-2-4-17(5-3-16)15-27(19-8-9-19)20-10-13-26(23(29)18-6-7-18)21(14-20)22(28)25-12-11-24/h2-5,18-21H,6-15,24H2,1H3,(H,25,28)/t20?,21-/m1/s1. The lowest BCUT2D eigenvalue weighted by Gasteiger charge is -2.43. The van der Waals surface area contributed by atoms with Crippen molar-refractivity contribution in [3.8, 4) is 0 Å². The Labute approximate surface area is 173 Å². The molecule has 4 rings (SSSR count). The fourth-order valence-corrected chi connectivity index (χ4v) is 4.51. The first-order chi connectivity index (χ1) is 14.1. The van der Waals surface area contributed by atoms with Crippen LogP contribution in [-0.4, -0.2) is 59.4 Å². The summed E-state index contributed by atoms with van der Waals surface area (Å²) in [6.45, 7) is 4.59. The number of amides is 2. The number of hydrogen-bond donors (Lipinski definition) is 2. The molecule has 29 heavy (non-hydrogen) atoms. The van der Waals surface area contributed by atoms with Gasteiger partial charge in [0.05, 0.1) is 0 Å². The molecule has 3 N–H and O–H groups in total. The average molecular weight is 399 g/mol. The van der Waals surface area contributed by atoms with Gasteiger partial charge in [0.15, 0.2) is 0 Å². The minimum absolute atomic E-state index is 0.0415. The SMILES string of the molecule is Cc1ccc(CN(C2CC2)C2CCN(C(=O)C3CC3)[C@@H](C(=O)NCCN)C2)cc1. The van der Waals surface area contributed by atoms with E-state index < -0.39 is 0 Å². The Hall–Kier alpha value is -1.92. The van der Waals surface area contributed by atoms with E-state index in [0.717, 1.165) is 32.2 Å². The van der Waals surface area contributed by atoms with Crippen LogP contribution in [0.2, 0.25) is 0 Å². The molecule has 3 fully saturated rings. The molecule has 1 saturated heterocycles. The fourth-order valence-electron chi connectivity index (χ4n) is 4.51. The molecule has 2 atom stereocenters. The summed E-state index contributed by atoms with van der Waals surface area (Å²) in [5, 5.41) is 2.93. The average Bonchev–Trinajstić information content (AvgIpc) is 3.63. The summed E-state index contributed by atoms with van der Waals surface area (Å²) in [6.07, 6.45) is 6.07. The van der Waals surface area contributed by atoms with Gasteiger partial charge < -0.3 is 16.0 Å². The van der Waals surface area contributed by atoms with Crippen LogP contribution in [0.4, 0.5) is 0 Å². The van der Waals surface area contributed by atoms with Crippen molar-refractivity contribution in [2.75, 3.05) is 19.6 Å². The second-order valence-electron chi connectivity index (χ2n) is 8.97. The number of piperidine rings is 1. The van der Waals surface area contributed by atoms with Gasteiger partial charge in [0, 0.05) is 44.2 Å². The summed E-state index contributed by atoms with van der Waals surface area (Å²) in [6, 6.07) is 9.33. The number of nitrogens with zero attached hydrogens (tertiary/aromatic N) is 2. The van der Waals surface area contributed by atoms with Crippen LogP contribution >= 0.6 is 0 Å². The lowest BCUT2D eigenvalue weighted by Crippen LogP contribution is -2.58. The topological polar surface area (TPSA) is 78.7 Å². The maximum atomic E-state index is 12.9. The molecule has 0 aromatic heterocycles. The number of nitrogens with two attached hydrogens (primary N) is 1. The molecule has 0 spiro atoms. The van der Waals surface area contributed by atoms with E-state index in [1.807, 2.05) is 4.90 Å². The highest BCUT2D eigenvalue weighted by Gasteiger charge is 2.44. The summed E-state index contributed by atoms with van der Waals surface area (Å²) >= 11 is 0. The lowest BCUT2D eigenvalue weighted by atomic mass is 9.93. The Morgan fingerprint density at radius 3 is 2.45 bits per heavy atom. The summed E-state index contributed by atoms with van der Waals surface area (Å²) in [5.74, 6) is 0.275. The molecule has 1 aromatic carbocycles. The monoisotopic (exact) mass is 398 g/mol. The van der Waals surface area contributed by atoms with Crippen LogP contribution in [-0.2, 0) is 16.1 Å². The van der Waals surface area contributed by atoms with Crippen LogP contribution in [0, 0.1) is 12.8 Å². The van der Waals surface area contributed by atoms with Gasteiger partial charge in [-0.3, -0.25) is 14.5 Å². The molecule has 2 aliphatic carbocycles. The fraction of sp³-hybridized carbons (Fsp3) is 0.652. The number of benzene rings is 1. The van der Waals surface area contributed by atoms with Gasteiger partial charge in [-0.15, -0.1) is 0 Å². The second kappa shape index (κ2) is 8.84. The molecule has 1 heterocycles. The third-order valence-corrected chi connectivity index (χ3v) is 6.50. The van der Waals surface area contributed by atoms with E-state index in [1.54, 1.807) is 0 Å². The van der Waals surface area contributed by atoms with Crippen LogP contribution in [0.3, 0.4) is 0 Å². The summed E-state index contributed by atoms with van der Waals surface area (Å²) in [7, 11) is 0. The molecule has 0 bridgehead atoms. The third kappa shape index (κ3) is 4.98. The van der Waals surface area contributed by atoms with Crippen LogP contribution in [0.1, 0.15) is 49.7 Å². The van der Waals surface area contributed by atoms with Gasteiger partial charge in [-0.05, 0) is 51.0 Å². The van der Waals surface area contributed by atoms with Crippen molar-refractivity contribution in [3.05, 3.63) is 35.4 Å². The Balaban J connectivity index is 1.48.